The summed E-state index contributed by atoms with van der Waals surface area (Å²) in [5.74, 6) is -0.935. The van der Waals surface area contributed by atoms with Crippen LogP contribution in [0.25, 0.3) is 0 Å². The quantitative estimate of drug-likeness (QED) is 0.605. The van der Waals surface area contributed by atoms with E-state index in [4.69, 9.17) is 16.3 Å². The van der Waals surface area contributed by atoms with Crippen molar-refractivity contribution < 1.29 is 14.3 Å². The highest BCUT2D eigenvalue weighted by Crippen LogP contribution is 2.19. The van der Waals surface area contributed by atoms with Gasteiger partial charge in [-0.15, -0.1) is 0 Å². The highest BCUT2D eigenvalue weighted by Gasteiger charge is 2.19. The van der Waals surface area contributed by atoms with E-state index in [1.165, 1.54) is 4.90 Å². The zero-order valence-corrected chi connectivity index (χ0v) is 15.6. The van der Waals surface area contributed by atoms with Gasteiger partial charge in [0.15, 0.2) is 6.61 Å². The van der Waals surface area contributed by atoms with E-state index >= 15 is 0 Å². The Bertz CT molecular complexity index is 765. The van der Waals surface area contributed by atoms with Crippen molar-refractivity contribution >= 4 is 23.5 Å². The first-order valence-electron chi connectivity index (χ1n) is 7.88. The summed E-state index contributed by atoms with van der Waals surface area (Å²) in [6.45, 7) is 5.65. The van der Waals surface area contributed by atoms with Crippen LogP contribution in [-0.2, 0) is 16.1 Å². The molecule has 5 nitrogen and oxygen atoms in total. The minimum absolute atomic E-state index is 0.0861. The lowest BCUT2D eigenvalue weighted by Gasteiger charge is -2.17. The number of benzene rings is 1. The maximum absolute atomic E-state index is 12.2. The van der Waals surface area contributed by atoms with Crippen LogP contribution in [-0.4, -0.2) is 35.4 Å². The lowest BCUT2D eigenvalue weighted by atomic mass is 10.1. The van der Waals surface area contributed by atoms with Crippen molar-refractivity contribution in [3.05, 3.63) is 63.4 Å². The summed E-state index contributed by atoms with van der Waals surface area (Å²) in [7, 11) is 1.67. The highest BCUT2D eigenvalue weighted by molar-refractivity contribution is 6.32. The van der Waals surface area contributed by atoms with Crippen molar-refractivity contribution in [2.24, 2.45) is 0 Å². The number of hydrogen-bond donors (Lipinski definition) is 0. The molecule has 1 aromatic heterocycles. The van der Waals surface area contributed by atoms with Crippen LogP contribution in [0.15, 0.2) is 30.3 Å². The Morgan fingerprint density at radius 1 is 1.16 bits per heavy atom. The first-order chi connectivity index (χ1) is 11.8. The van der Waals surface area contributed by atoms with Gasteiger partial charge >= 0.3 is 5.97 Å². The third-order valence-corrected chi connectivity index (χ3v) is 4.07. The number of ether oxygens (including phenoxy) is 1. The smallest absolute Gasteiger partial charge is 0.342 e. The molecule has 132 valence electrons. The van der Waals surface area contributed by atoms with Gasteiger partial charge in [0.25, 0.3) is 5.91 Å². The summed E-state index contributed by atoms with van der Waals surface area (Å²) < 4.78 is 5.11. The van der Waals surface area contributed by atoms with E-state index in [-0.39, 0.29) is 23.2 Å². The number of nitrogens with zero attached hydrogens (tertiary/aromatic N) is 2. The first kappa shape index (κ1) is 18.9. The topological polar surface area (TPSA) is 59.5 Å². The summed E-state index contributed by atoms with van der Waals surface area (Å²) in [6.07, 6.45) is 0. The van der Waals surface area contributed by atoms with Crippen LogP contribution in [0.1, 0.15) is 32.7 Å². The molecule has 0 unspecified atom stereocenters. The van der Waals surface area contributed by atoms with E-state index in [2.05, 4.69) is 4.98 Å². The molecule has 0 radical (unpaired) electrons. The summed E-state index contributed by atoms with van der Waals surface area (Å²) in [4.78, 5) is 29.9. The molecule has 0 aliphatic rings. The molecule has 0 atom stereocenters. The van der Waals surface area contributed by atoms with Gasteiger partial charge in [-0.05, 0) is 38.0 Å². The second-order valence-electron chi connectivity index (χ2n) is 6.06. The number of amides is 1. The second kappa shape index (κ2) is 8.12. The molecule has 0 saturated heterocycles. The minimum Gasteiger partial charge on any atom is -0.452 e. The molecule has 0 aliphatic carbocycles. The predicted molar refractivity (Wildman–Crippen MR) is 96.7 cm³/mol. The molecule has 6 heteroatoms. The number of halogens is 1. The summed E-state index contributed by atoms with van der Waals surface area (Å²) >= 11 is 6.02. The fraction of sp³-hybridized carbons (Fsp3) is 0.316. The fourth-order valence-electron chi connectivity index (χ4n) is 2.40. The Morgan fingerprint density at radius 3 is 2.40 bits per heavy atom. The van der Waals surface area contributed by atoms with Crippen molar-refractivity contribution in [1.82, 2.24) is 9.88 Å². The van der Waals surface area contributed by atoms with Crippen LogP contribution in [0.3, 0.4) is 0 Å². The number of likely N-dealkylation sites (N-methyl/N-ethyl adjacent to an activating group) is 1. The van der Waals surface area contributed by atoms with Crippen LogP contribution < -0.4 is 0 Å². The molecular formula is C19H21ClN2O3. The van der Waals surface area contributed by atoms with Gasteiger partial charge in [0.2, 0.25) is 0 Å². The number of aryl methyl sites for hydroxylation is 3. The van der Waals surface area contributed by atoms with Crippen LogP contribution in [0.4, 0.5) is 0 Å². The van der Waals surface area contributed by atoms with Gasteiger partial charge in [0, 0.05) is 19.3 Å². The van der Waals surface area contributed by atoms with E-state index in [1.807, 2.05) is 31.2 Å². The molecule has 2 rings (SSSR count). The third-order valence-electron chi connectivity index (χ3n) is 3.80. The zero-order chi connectivity index (χ0) is 18.6. The molecule has 1 heterocycles. The molecule has 0 fully saturated rings. The number of esters is 1. The first-order valence-corrected chi connectivity index (χ1v) is 8.26. The summed E-state index contributed by atoms with van der Waals surface area (Å²) in [5.41, 5.74) is 3.75. The van der Waals surface area contributed by atoms with Crippen LogP contribution in [0.5, 0.6) is 0 Å². The molecule has 0 spiro atoms. The van der Waals surface area contributed by atoms with E-state index in [0.717, 1.165) is 11.1 Å². The second-order valence-corrected chi connectivity index (χ2v) is 6.42. The normalized spacial score (nSPS) is 10.4. The number of pyridine rings is 1. The Hall–Kier alpha value is -2.40. The number of rotatable bonds is 5. The van der Waals surface area contributed by atoms with Crippen molar-refractivity contribution in [2.45, 2.75) is 27.3 Å². The lowest BCUT2D eigenvalue weighted by Crippen LogP contribution is -2.31. The third kappa shape index (κ3) is 5.03. The molecule has 0 saturated carbocycles. The number of aromatic nitrogens is 1. The van der Waals surface area contributed by atoms with Crippen molar-refractivity contribution in [3.63, 3.8) is 0 Å². The standard InChI is InChI=1S/C19H21ClN2O3/c1-12-5-7-15(8-6-12)10-22(4)16(23)11-25-19(24)17-13(2)9-14(3)21-18(17)20/h5-9H,10-11H2,1-4H3. The average molecular weight is 361 g/mol. The van der Waals surface area contributed by atoms with E-state index in [0.29, 0.717) is 17.8 Å². The SMILES string of the molecule is Cc1ccc(CN(C)C(=O)COC(=O)c2c(C)cc(C)nc2Cl)cc1. The number of carbonyl (C=O) groups excluding carboxylic acids is 2. The van der Waals surface area contributed by atoms with Crippen LogP contribution in [0, 0.1) is 20.8 Å². The van der Waals surface area contributed by atoms with Crippen molar-refractivity contribution in [3.8, 4) is 0 Å². The van der Waals surface area contributed by atoms with Gasteiger partial charge in [-0.3, -0.25) is 4.79 Å². The maximum atomic E-state index is 12.2. The largest absolute Gasteiger partial charge is 0.452 e. The predicted octanol–water partition coefficient (Wildman–Crippen LogP) is 3.48. The van der Waals surface area contributed by atoms with Gasteiger partial charge in [-0.2, -0.15) is 0 Å². The minimum atomic E-state index is -0.646. The molecule has 1 aromatic carbocycles. The van der Waals surface area contributed by atoms with Gasteiger partial charge in [0.1, 0.15) is 5.15 Å². The monoisotopic (exact) mass is 360 g/mol. The summed E-state index contributed by atoms with van der Waals surface area (Å²) in [5, 5.41) is 0.0861. The molecule has 0 N–H and O–H groups in total. The molecular weight excluding hydrogens is 340 g/mol. The van der Waals surface area contributed by atoms with Crippen LogP contribution >= 0.6 is 11.6 Å². The molecule has 0 aliphatic heterocycles. The van der Waals surface area contributed by atoms with Crippen molar-refractivity contribution in [1.29, 1.82) is 0 Å². The number of carbonyl (C=O) groups is 2. The van der Waals surface area contributed by atoms with Gasteiger partial charge in [-0.25, -0.2) is 9.78 Å². The van der Waals surface area contributed by atoms with Gasteiger partial charge in [0.05, 0.1) is 5.56 Å². The zero-order valence-electron chi connectivity index (χ0n) is 14.8. The van der Waals surface area contributed by atoms with Gasteiger partial charge < -0.3 is 9.64 Å². The van der Waals surface area contributed by atoms with E-state index < -0.39 is 5.97 Å². The fourth-order valence-corrected chi connectivity index (χ4v) is 2.76. The summed E-state index contributed by atoms with van der Waals surface area (Å²) in [6, 6.07) is 9.65. The van der Waals surface area contributed by atoms with Crippen molar-refractivity contribution in [2.75, 3.05) is 13.7 Å². The van der Waals surface area contributed by atoms with Gasteiger partial charge in [-0.1, -0.05) is 41.4 Å². The average Bonchev–Trinajstić information content (AvgIpc) is 2.53. The molecule has 2 aromatic rings. The Morgan fingerprint density at radius 2 is 1.80 bits per heavy atom. The molecule has 25 heavy (non-hydrogen) atoms. The van der Waals surface area contributed by atoms with E-state index in [9.17, 15) is 9.59 Å². The highest BCUT2D eigenvalue weighted by atomic mass is 35.5. The molecule has 0 bridgehead atoms. The maximum Gasteiger partial charge on any atom is 0.342 e. The number of hydrogen-bond acceptors (Lipinski definition) is 4. The molecule has 1 amide bonds. The Labute approximate surface area is 152 Å². The van der Waals surface area contributed by atoms with E-state index in [1.54, 1.807) is 27.0 Å². The Balaban J connectivity index is 1.95. The lowest BCUT2D eigenvalue weighted by molar-refractivity contribution is -0.133. The van der Waals surface area contributed by atoms with Crippen LogP contribution in [0.2, 0.25) is 5.15 Å². The Kier molecular flexibility index (Phi) is 6.15.